The first-order valence-corrected chi connectivity index (χ1v) is 9.38. The average molecular weight is 375 g/mol. The van der Waals surface area contributed by atoms with Gasteiger partial charge in [-0.3, -0.25) is 9.80 Å². The van der Waals surface area contributed by atoms with Crippen LogP contribution in [0.5, 0.6) is 11.5 Å². The maximum Gasteiger partial charge on any atom is 0.165 e. The summed E-state index contributed by atoms with van der Waals surface area (Å²) in [6.45, 7) is 7.84. The van der Waals surface area contributed by atoms with Crippen molar-refractivity contribution in [2.24, 2.45) is 0 Å². The highest BCUT2D eigenvalue weighted by atomic mass is 16.5. The summed E-state index contributed by atoms with van der Waals surface area (Å²) in [5.74, 6) is 1.57. The summed E-state index contributed by atoms with van der Waals surface area (Å²) in [6.07, 6.45) is 1.60. The van der Waals surface area contributed by atoms with Crippen LogP contribution in [0.25, 0.3) is 0 Å². The number of benzene rings is 1. The first-order chi connectivity index (χ1) is 13.2. The first-order valence-electron chi connectivity index (χ1n) is 9.38. The summed E-state index contributed by atoms with van der Waals surface area (Å²) in [6, 6.07) is 8.05. The second kappa shape index (κ2) is 9.73. The lowest BCUT2D eigenvalue weighted by molar-refractivity contribution is 0.0320. The van der Waals surface area contributed by atoms with E-state index in [-0.39, 0.29) is 6.04 Å². The van der Waals surface area contributed by atoms with Gasteiger partial charge in [-0.25, -0.2) is 0 Å². The van der Waals surface area contributed by atoms with Gasteiger partial charge < -0.3 is 18.7 Å². The van der Waals surface area contributed by atoms with Crippen LogP contribution in [-0.2, 0) is 11.3 Å². The van der Waals surface area contributed by atoms with E-state index < -0.39 is 0 Å². The van der Waals surface area contributed by atoms with Crippen molar-refractivity contribution >= 4 is 0 Å². The lowest BCUT2D eigenvalue weighted by Gasteiger charge is -2.27. The predicted octanol–water partition coefficient (Wildman–Crippen LogP) is 2.59. The standard InChI is InChI=1S/C20H29N3O4/c1-16(18-7-11-27-21-18)22(2)15-17-5-4-6-19(24-3)20(17)26-14-10-23-8-12-25-13-9-23/h4-7,11,16H,8-10,12-15H2,1-3H3. The fourth-order valence-electron chi connectivity index (χ4n) is 3.18. The smallest absolute Gasteiger partial charge is 0.165 e. The third-order valence-electron chi connectivity index (χ3n) is 5.00. The predicted molar refractivity (Wildman–Crippen MR) is 102 cm³/mol. The van der Waals surface area contributed by atoms with E-state index in [9.17, 15) is 0 Å². The molecule has 1 aromatic heterocycles. The molecule has 2 heterocycles. The van der Waals surface area contributed by atoms with Crippen LogP contribution in [0.1, 0.15) is 24.2 Å². The van der Waals surface area contributed by atoms with Crippen LogP contribution < -0.4 is 9.47 Å². The van der Waals surface area contributed by atoms with E-state index in [0.29, 0.717) is 6.61 Å². The maximum absolute atomic E-state index is 6.16. The van der Waals surface area contributed by atoms with Crippen molar-refractivity contribution < 1.29 is 18.7 Å². The largest absolute Gasteiger partial charge is 0.493 e. The van der Waals surface area contributed by atoms with Crippen LogP contribution in [0.3, 0.4) is 0 Å². The minimum absolute atomic E-state index is 0.135. The Hall–Kier alpha value is -2.09. The maximum atomic E-state index is 6.16. The van der Waals surface area contributed by atoms with Gasteiger partial charge in [0.2, 0.25) is 0 Å². The number of rotatable bonds is 9. The Morgan fingerprint density at radius 1 is 1.26 bits per heavy atom. The summed E-state index contributed by atoms with van der Waals surface area (Å²) in [4.78, 5) is 4.57. The van der Waals surface area contributed by atoms with Crippen LogP contribution >= 0.6 is 0 Å². The lowest BCUT2D eigenvalue weighted by Crippen LogP contribution is -2.38. The molecule has 0 radical (unpaired) electrons. The van der Waals surface area contributed by atoms with E-state index in [2.05, 4.69) is 35.0 Å². The number of nitrogens with zero attached hydrogens (tertiary/aromatic N) is 3. The van der Waals surface area contributed by atoms with E-state index in [0.717, 1.165) is 62.1 Å². The molecule has 0 spiro atoms. The Morgan fingerprint density at radius 2 is 2.07 bits per heavy atom. The van der Waals surface area contributed by atoms with Crippen molar-refractivity contribution in [3.63, 3.8) is 0 Å². The van der Waals surface area contributed by atoms with Gasteiger partial charge in [0, 0.05) is 37.8 Å². The number of para-hydroxylation sites is 1. The first kappa shape index (κ1) is 19.7. The zero-order valence-electron chi connectivity index (χ0n) is 16.4. The number of hydrogen-bond acceptors (Lipinski definition) is 7. The molecule has 0 N–H and O–H groups in total. The Morgan fingerprint density at radius 3 is 2.78 bits per heavy atom. The van der Waals surface area contributed by atoms with Crippen molar-refractivity contribution in [2.75, 3.05) is 53.6 Å². The number of aromatic nitrogens is 1. The van der Waals surface area contributed by atoms with Gasteiger partial charge in [0.05, 0.1) is 26.4 Å². The molecule has 1 fully saturated rings. The van der Waals surface area contributed by atoms with Crippen molar-refractivity contribution in [3.05, 3.63) is 41.8 Å². The Balaban J connectivity index is 1.65. The van der Waals surface area contributed by atoms with Crippen LogP contribution in [0.2, 0.25) is 0 Å². The highest BCUT2D eigenvalue weighted by Gasteiger charge is 2.19. The van der Waals surface area contributed by atoms with E-state index in [1.54, 1.807) is 13.4 Å². The van der Waals surface area contributed by atoms with Crippen LogP contribution in [0.4, 0.5) is 0 Å². The molecule has 1 aliphatic heterocycles. The molecule has 1 saturated heterocycles. The molecule has 2 aromatic rings. The van der Waals surface area contributed by atoms with E-state index in [1.807, 2.05) is 18.2 Å². The van der Waals surface area contributed by atoms with E-state index >= 15 is 0 Å². The van der Waals surface area contributed by atoms with Gasteiger partial charge in [-0.05, 0) is 20.0 Å². The monoisotopic (exact) mass is 375 g/mol. The molecule has 3 rings (SSSR count). The highest BCUT2D eigenvalue weighted by molar-refractivity contribution is 5.46. The average Bonchev–Trinajstić information content (AvgIpc) is 3.24. The molecule has 0 aliphatic carbocycles. The minimum Gasteiger partial charge on any atom is -0.493 e. The lowest BCUT2D eigenvalue weighted by atomic mass is 10.1. The molecule has 0 saturated carbocycles. The molecule has 0 amide bonds. The van der Waals surface area contributed by atoms with Gasteiger partial charge >= 0.3 is 0 Å². The van der Waals surface area contributed by atoms with Crippen molar-refractivity contribution in [1.29, 1.82) is 0 Å². The highest BCUT2D eigenvalue weighted by Crippen LogP contribution is 2.33. The molecule has 1 atom stereocenters. The van der Waals surface area contributed by atoms with Crippen LogP contribution in [-0.4, -0.2) is 68.6 Å². The quantitative estimate of drug-likeness (QED) is 0.668. The van der Waals surface area contributed by atoms with Crippen molar-refractivity contribution in [2.45, 2.75) is 19.5 Å². The summed E-state index contributed by atoms with van der Waals surface area (Å²) < 4.78 is 22.1. The zero-order valence-corrected chi connectivity index (χ0v) is 16.4. The molecule has 1 aliphatic rings. The van der Waals surface area contributed by atoms with Crippen LogP contribution in [0.15, 0.2) is 35.1 Å². The molecule has 148 valence electrons. The summed E-state index contributed by atoms with van der Waals surface area (Å²) >= 11 is 0. The van der Waals surface area contributed by atoms with Gasteiger partial charge in [0.15, 0.2) is 11.5 Å². The van der Waals surface area contributed by atoms with E-state index in [4.69, 9.17) is 18.7 Å². The van der Waals surface area contributed by atoms with Gasteiger partial charge in [0.1, 0.15) is 18.6 Å². The molecule has 1 unspecified atom stereocenters. The third-order valence-corrected chi connectivity index (χ3v) is 5.00. The number of methoxy groups -OCH3 is 1. The molecular formula is C20H29N3O4. The van der Waals surface area contributed by atoms with Gasteiger partial charge in [-0.1, -0.05) is 17.3 Å². The fraction of sp³-hybridized carbons (Fsp3) is 0.550. The number of morpholine rings is 1. The topological polar surface area (TPSA) is 60.2 Å². The summed E-state index contributed by atoms with van der Waals surface area (Å²) in [5.41, 5.74) is 2.00. The van der Waals surface area contributed by atoms with Gasteiger partial charge in [0.25, 0.3) is 0 Å². The Bertz CT molecular complexity index is 687. The normalized spacial score (nSPS) is 16.4. The fourth-order valence-corrected chi connectivity index (χ4v) is 3.18. The summed E-state index contributed by atoms with van der Waals surface area (Å²) in [5, 5.41) is 4.05. The Kier molecular flexibility index (Phi) is 7.09. The van der Waals surface area contributed by atoms with Crippen molar-refractivity contribution in [1.82, 2.24) is 15.0 Å². The third kappa shape index (κ3) is 5.22. The molecule has 0 bridgehead atoms. The van der Waals surface area contributed by atoms with E-state index in [1.165, 1.54) is 0 Å². The minimum atomic E-state index is 0.135. The second-order valence-electron chi connectivity index (χ2n) is 6.77. The molecule has 1 aromatic carbocycles. The number of hydrogen-bond donors (Lipinski definition) is 0. The van der Waals surface area contributed by atoms with Gasteiger partial charge in [-0.2, -0.15) is 0 Å². The molecule has 27 heavy (non-hydrogen) atoms. The number of ether oxygens (including phenoxy) is 3. The second-order valence-corrected chi connectivity index (χ2v) is 6.77. The van der Waals surface area contributed by atoms with Gasteiger partial charge in [-0.15, -0.1) is 0 Å². The Labute approximate surface area is 160 Å². The molecule has 7 heteroatoms. The SMILES string of the molecule is COc1cccc(CN(C)C(C)c2ccon2)c1OCCN1CCOCC1. The molecule has 7 nitrogen and oxygen atoms in total. The van der Waals surface area contributed by atoms with Crippen LogP contribution in [0, 0.1) is 0 Å². The zero-order chi connectivity index (χ0) is 19.1. The van der Waals surface area contributed by atoms with Crippen molar-refractivity contribution in [3.8, 4) is 11.5 Å². The summed E-state index contributed by atoms with van der Waals surface area (Å²) in [7, 11) is 3.74. The molecular weight excluding hydrogens is 346 g/mol.